The van der Waals surface area contributed by atoms with Gasteiger partial charge >= 0.3 is 0 Å². The molecule has 2 aromatic carbocycles. The Hall–Kier alpha value is -0.160. The van der Waals surface area contributed by atoms with E-state index in [1.54, 1.807) is 0 Å². The summed E-state index contributed by atoms with van der Waals surface area (Å²) in [6, 6.07) is 13.8. The molecule has 1 N–H and O–H groups in total. The van der Waals surface area contributed by atoms with Gasteiger partial charge in [0.05, 0.1) is 6.10 Å². The number of hydrogen-bond acceptors (Lipinski definition) is 1. The minimum absolute atomic E-state index is 0.512. The first-order chi connectivity index (χ1) is 8.56. The third-order valence-electron chi connectivity index (χ3n) is 2.64. The molecule has 0 heterocycles. The molecular weight excluding hydrogens is 424 g/mol. The molecule has 1 unspecified atom stereocenters. The Morgan fingerprint density at radius 3 is 2.33 bits per heavy atom. The molecular formula is C14H11Br3O. The zero-order chi connectivity index (χ0) is 13.1. The van der Waals surface area contributed by atoms with E-state index < -0.39 is 6.10 Å². The Kier molecular flexibility index (Phi) is 5.01. The van der Waals surface area contributed by atoms with Gasteiger partial charge in [0.25, 0.3) is 0 Å². The van der Waals surface area contributed by atoms with Crippen molar-refractivity contribution in [2.24, 2.45) is 0 Å². The third-order valence-corrected chi connectivity index (χ3v) is 4.31. The fraction of sp³-hybridized carbons (Fsp3) is 0.143. The average molecular weight is 435 g/mol. The second-order valence-corrected chi connectivity index (χ2v) is 6.70. The average Bonchev–Trinajstić information content (AvgIpc) is 2.28. The Morgan fingerprint density at radius 2 is 1.67 bits per heavy atom. The van der Waals surface area contributed by atoms with Crippen LogP contribution in [0.1, 0.15) is 17.2 Å². The highest BCUT2D eigenvalue weighted by Crippen LogP contribution is 2.29. The Morgan fingerprint density at radius 1 is 0.944 bits per heavy atom. The van der Waals surface area contributed by atoms with Crippen molar-refractivity contribution in [2.75, 3.05) is 0 Å². The lowest BCUT2D eigenvalue weighted by atomic mass is 10.0. The van der Waals surface area contributed by atoms with Crippen LogP contribution in [0.5, 0.6) is 0 Å². The summed E-state index contributed by atoms with van der Waals surface area (Å²) in [5.41, 5.74) is 2.00. The van der Waals surface area contributed by atoms with Gasteiger partial charge in [0.1, 0.15) is 0 Å². The van der Waals surface area contributed by atoms with Crippen molar-refractivity contribution < 1.29 is 5.11 Å². The van der Waals surface area contributed by atoms with Crippen molar-refractivity contribution in [1.82, 2.24) is 0 Å². The Bertz CT molecular complexity index is 554. The molecule has 18 heavy (non-hydrogen) atoms. The van der Waals surface area contributed by atoms with Crippen LogP contribution >= 0.6 is 47.8 Å². The van der Waals surface area contributed by atoms with Crippen LogP contribution in [0.4, 0.5) is 0 Å². The minimum atomic E-state index is -0.512. The SMILES string of the molecule is OC(Cc1cccc(Br)c1)c1ccc(Br)cc1Br. The van der Waals surface area contributed by atoms with Gasteiger partial charge in [0.2, 0.25) is 0 Å². The summed E-state index contributed by atoms with van der Waals surface area (Å²) in [5, 5.41) is 10.3. The van der Waals surface area contributed by atoms with Crippen LogP contribution in [0.25, 0.3) is 0 Å². The lowest BCUT2D eigenvalue weighted by Gasteiger charge is -2.13. The molecule has 0 saturated carbocycles. The number of benzene rings is 2. The van der Waals surface area contributed by atoms with Crippen LogP contribution in [0, 0.1) is 0 Å². The summed E-state index contributed by atoms with van der Waals surface area (Å²) < 4.78 is 2.94. The van der Waals surface area contributed by atoms with Crippen molar-refractivity contribution >= 4 is 47.8 Å². The normalized spacial score (nSPS) is 12.4. The summed E-state index contributed by atoms with van der Waals surface area (Å²) in [5.74, 6) is 0. The first-order valence-corrected chi connectivity index (χ1v) is 7.81. The zero-order valence-electron chi connectivity index (χ0n) is 9.41. The molecule has 94 valence electrons. The lowest BCUT2D eigenvalue weighted by molar-refractivity contribution is 0.177. The molecule has 0 radical (unpaired) electrons. The Balaban J connectivity index is 2.19. The molecule has 0 bridgehead atoms. The van der Waals surface area contributed by atoms with E-state index in [0.717, 1.165) is 24.5 Å². The van der Waals surface area contributed by atoms with Crippen molar-refractivity contribution in [3.05, 3.63) is 67.0 Å². The third kappa shape index (κ3) is 3.67. The van der Waals surface area contributed by atoms with E-state index in [1.165, 1.54) is 0 Å². The predicted molar refractivity (Wildman–Crippen MR) is 84.6 cm³/mol. The van der Waals surface area contributed by atoms with Gasteiger partial charge in [-0.15, -0.1) is 0 Å². The summed E-state index contributed by atoms with van der Waals surface area (Å²) in [7, 11) is 0. The van der Waals surface area contributed by atoms with Crippen LogP contribution in [-0.4, -0.2) is 5.11 Å². The van der Waals surface area contributed by atoms with E-state index in [1.807, 2.05) is 42.5 Å². The fourth-order valence-electron chi connectivity index (χ4n) is 1.77. The van der Waals surface area contributed by atoms with Crippen molar-refractivity contribution in [1.29, 1.82) is 0 Å². The standard InChI is InChI=1S/C14H11Br3O/c15-10-3-1-2-9(6-10)7-14(18)12-5-4-11(16)8-13(12)17/h1-6,8,14,18H,7H2. The van der Waals surface area contributed by atoms with E-state index in [2.05, 4.69) is 47.8 Å². The molecule has 0 aliphatic heterocycles. The maximum Gasteiger partial charge on any atom is 0.0841 e. The first-order valence-electron chi connectivity index (χ1n) is 5.44. The van der Waals surface area contributed by atoms with Crippen LogP contribution in [-0.2, 0) is 6.42 Å². The topological polar surface area (TPSA) is 20.2 Å². The first kappa shape index (κ1) is 14.3. The molecule has 0 saturated heterocycles. The number of halogens is 3. The van der Waals surface area contributed by atoms with E-state index in [9.17, 15) is 5.11 Å². The molecule has 0 aliphatic rings. The van der Waals surface area contributed by atoms with Gasteiger partial charge in [-0.2, -0.15) is 0 Å². The van der Waals surface area contributed by atoms with Crippen LogP contribution in [0.2, 0.25) is 0 Å². The molecule has 2 rings (SSSR count). The van der Waals surface area contributed by atoms with Gasteiger partial charge in [-0.25, -0.2) is 0 Å². The predicted octanol–water partition coefficient (Wildman–Crippen LogP) is 5.25. The number of aliphatic hydroxyl groups is 1. The minimum Gasteiger partial charge on any atom is -0.388 e. The second-order valence-electron chi connectivity index (χ2n) is 4.02. The quantitative estimate of drug-likeness (QED) is 0.699. The van der Waals surface area contributed by atoms with E-state index in [-0.39, 0.29) is 0 Å². The molecule has 0 aliphatic carbocycles. The van der Waals surface area contributed by atoms with E-state index in [0.29, 0.717) is 6.42 Å². The summed E-state index contributed by atoms with van der Waals surface area (Å²) in [4.78, 5) is 0. The number of rotatable bonds is 3. The highest BCUT2D eigenvalue weighted by Gasteiger charge is 2.12. The molecule has 4 heteroatoms. The highest BCUT2D eigenvalue weighted by atomic mass is 79.9. The number of hydrogen-bond donors (Lipinski definition) is 1. The van der Waals surface area contributed by atoms with Gasteiger partial charge in [0, 0.05) is 19.8 Å². The van der Waals surface area contributed by atoms with Crippen LogP contribution in [0.3, 0.4) is 0 Å². The molecule has 2 aromatic rings. The molecule has 1 atom stereocenters. The summed E-state index contributed by atoms with van der Waals surface area (Å²) in [6.07, 6.45) is 0.0847. The second kappa shape index (κ2) is 6.33. The van der Waals surface area contributed by atoms with Crippen molar-refractivity contribution in [2.45, 2.75) is 12.5 Å². The van der Waals surface area contributed by atoms with Gasteiger partial charge in [-0.05, 0) is 35.4 Å². The molecule has 0 amide bonds. The molecule has 1 nitrogen and oxygen atoms in total. The van der Waals surface area contributed by atoms with Crippen LogP contribution < -0.4 is 0 Å². The highest BCUT2D eigenvalue weighted by molar-refractivity contribution is 9.11. The molecule has 0 spiro atoms. The van der Waals surface area contributed by atoms with E-state index in [4.69, 9.17) is 0 Å². The smallest absolute Gasteiger partial charge is 0.0841 e. The largest absolute Gasteiger partial charge is 0.388 e. The maximum absolute atomic E-state index is 10.3. The molecule has 0 fully saturated rings. The fourth-order valence-corrected chi connectivity index (χ4v) is 3.53. The molecule has 0 aromatic heterocycles. The van der Waals surface area contributed by atoms with Crippen molar-refractivity contribution in [3.8, 4) is 0 Å². The monoisotopic (exact) mass is 432 g/mol. The Labute approximate surface area is 132 Å². The number of aliphatic hydroxyl groups excluding tert-OH is 1. The summed E-state index contributed by atoms with van der Waals surface area (Å²) >= 11 is 10.3. The van der Waals surface area contributed by atoms with Gasteiger partial charge < -0.3 is 5.11 Å². The lowest BCUT2D eigenvalue weighted by Crippen LogP contribution is -2.02. The zero-order valence-corrected chi connectivity index (χ0v) is 14.2. The van der Waals surface area contributed by atoms with Gasteiger partial charge in [0.15, 0.2) is 0 Å². The van der Waals surface area contributed by atoms with Crippen molar-refractivity contribution in [3.63, 3.8) is 0 Å². The van der Waals surface area contributed by atoms with Gasteiger partial charge in [-0.3, -0.25) is 0 Å². The van der Waals surface area contributed by atoms with E-state index >= 15 is 0 Å². The van der Waals surface area contributed by atoms with Gasteiger partial charge in [-0.1, -0.05) is 66.0 Å². The van der Waals surface area contributed by atoms with Crippen LogP contribution in [0.15, 0.2) is 55.9 Å². The summed E-state index contributed by atoms with van der Waals surface area (Å²) in [6.45, 7) is 0. The maximum atomic E-state index is 10.3.